The van der Waals surface area contributed by atoms with Gasteiger partial charge < -0.3 is 4.90 Å². The van der Waals surface area contributed by atoms with Gasteiger partial charge in [-0.15, -0.1) is 0 Å². The minimum Gasteiger partial charge on any atom is -0.303 e. The Kier molecular flexibility index (Phi) is 4.96. The lowest BCUT2D eigenvalue weighted by Crippen LogP contribution is -2.51. The van der Waals surface area contributed by atoms with Gasteiger partial charge in [0, 0.05) is 13.1 Å². The summed E-state index contributed by atoms with van der Waals surface area (Å²) in [5.41, 5.74) is 3.02. The minimum atomic E-state index is -3.44. The van der Waals surface area contributed by atoms with E-state index >= 15 is 0 Å². The highest BCUT2D eigenvalue weighted by Gasteiger charge is 2.41. The molecule has 4 aliphatic heterocycles. The molecule has 2 bridgehead atoms. The van der Waals surface area contributed by atoms with Crippen molar-refractivity contribution in [2.24, 2.45) is 11.8 Å². The number of halogens is 1. The predicted molar refractivity (Wildman–Crippen MR) is 112 cm³/mol. The molecule has 4 nitrogen and oxygen atoms in total. The van der Waals surface area contributed by atoms with Crippen LogP contribution in [0.1, 0.15) is 35.6 Å². The molecule has 0 spiro atoms. The van der Waals surface area contributed by atoms with Gasteiger partial charge in [-0.25, -0.2) is 12.8 Å². The summed E-state index contributed by atoms with van der Waals surface area (Å²) in [7, 11) is -3.44. The van der Waals surface area contributed by atoms with Gasteiger partial charge in [0.1, 0.15) is 5.82 Å². The Labute approximate surface area is 172 Å². The number of hydrogen-bond acceptors (Lipinski definition) is 3. The van der Waals surface area contributed by atoms with Crippen LogP contribution in [0.2, 0.25) is 0 Å². The Morgan fingerprint density at radius 2 is 1.69 bits per heavy atom. The second kappa shape index (κ2) is 7.49. The van der Waals surface area contributed by atoms with E-state index in [0.717, 1.165) is 43.6 Å². The van der Waals surface area contributed by atoms with Crippen molar-refractivity contribution in [3.63, 3.8) is 0 Å². The van der Waals surface area contributed by atoms with Crippen molar-refractivity contribution >= 4 is 10.0 Å². The molecule has 4 heterocycles. The fourth-order valence-electron chi connectivity index (χ4n) is 5.48. The smallest absolute Gasteiger partial charge is 0.215 e. The predicted octanol–water partition coefficient (Wildman–Crippen LogP) is 3.44. The quantitative estimate of drug-likeness (QED) is 0.770. The van der Waals surface area contributed by atoms with Crippen LogP contribution in [-0.4, -0.2) is 49.6 Å². The maximum atomic E-state index is 13.6. The summed E-state index contributed by atoms with van der Waals surface area (Å²) in [6, 6.07) is 13.9. The summed E-state index contributed by atoms with van der Waals surface area (Å²) >= 11 is 0. The lowest BCUT2D eigenvalue weighted by Gasteiger charge is -2.45. The third-order valence-electron chi connectivity index (χ3n) is 7.00. The average molecular weight is 415 g/mol. The van der Waals surface area contributed by atoms with E-state index < -0.39 is 10.0 Å². The van der Waals surface area contributed by atoms with Gasteiger partial charge in [-0.3, -0.25) is 0 Å². The molecule has 3 fully saturated rings. The van der Waals surface area contributed by atoms with E-state index in [1.807, 2.05) is 18.2 Å². The third kappa shape index (κ3) is 3.62. The number of piperidine rings is 3. The summed E-state index contributed by atoms with van der Waals surface area (Å²) in [6.07, 6.45) is 2.95. The SMILES string of the molecule is O=S(=O)(CC1CN2CCC1CC2)N1CCc2ccccc2[C@@H]1c1ccc(F)cc1. The molecule has 4 aliphatic rings. The van der Waals surface area contributed by atoms with Crippen molar-refractivity contribution in [3.05, 3.63) is 71.0 Å². The van der Waals surface area contributed by atoms with E-state index in [2.05, 4.69) is 11.0 Å². The summed E-state index contributed by atoms with van der Waals surface area (Å²) in [5, 5.41) is 0. The highest BCUT2D eigenvalue weighted by atomic mass is 32.2. The Morgan fingerprint density at radius 3 is 2.38 bits per heavy atom. The summed E-state index contributed by atoms with van der Waals surface area (Å²) < 4.78 is 42.5. The van der Waals surface area contributed by atoms with E-state index in [9.17, 15) is 12.8 Å². The first-order valence-corrected chi connectivity index (χ1v) is 12.2. The molecule has 0 radical (unpaired) electrons. The molecule has 3 saturated heterocycles. The molecule has 1 unspecified atom stereocenters. The molecule has 0 amide bonds. The van der Waals surface area contributed by atoms with Gasteiger partial charge in [-0.2, -0.15) is 4.31 Å². The molecule has 6 rings (SSSR count). The zero-order chi connectivity index (χ0) is 20.0. The molecule has 2 aromatic rings. The van der Waals surface area contributed by atoms with E-state index in [0.29, 0.717) is 18.9 Å². The van der Waals surface area contributed by atoms with E-state index in [1.54, 1.807) is 16.4 Å². The Hall–Kier alpha value is -1.76. The molecule has 0 aromatic heterocycles. The van der Waals surface area contributed by atoms with Gasteiger partial charge in [-0.1, -0.05) is 36.4 Å². The number of rotatable bonds is 4. The summed E-state index contributed by atoms with van der Waals surface area (Å²) in [4.78, 5) is 2.41. The second-order valence-electron chi connectivity index (χ2n) is 8.69. The second-order valence-corrected chi connectivity index (χ2v) is 10.7. The van der Waals surface area contributed by atoms with Crippen LogP contribution < -0.4 is 0 Å². The first kappa shape index (κ1) is 19.2. The topological polar surface area (TPSA) is 40.6 Å². The van der Waals surface area contributed by atoms with Crippen LogP contribution in [0.5, 0.6) is 0 Å². The van der Waals surface area contributed by atoms with Crippen molar-refractivity contribution in [3.8, 4) is 0 Å². The van der Waals surface area contributed by atoms with Gasteiger partial charge in [0.05, 0.1) is 11.8 Å². The highest BCUT2D eigenvalue weighted by Crippen LogP contribution is 2.39. The number of hydrogen-bond donors (Lipinski definition) is 0. The van der Waals surface area contributed by atoms with Crippen LogP contribution in [0.15, 0.2) is 48.5 Å². The molecule has 2 aromatic carbocycles. The molecule has 154 valence electrons. The van der Waals surface area contributed by atoms with Crippen molar-refractivity contribution in [1.29, 1.82) is 0 Å². The Morgan fingerprint density at radius 1 is 0.966 bits per heavy atom. The maximum absolute atomic E-state index is 13.6. The maximum Gasteiger partial charge on any atom is 0.215 e. The Balaban J connectivity index is 1.49. The normalized spacial score (nSPS) is 29.6. The number of fused-ring (bicyclic) bond motifs is 4. The lowest BCUT2D eigenvalue weighted by molar-refractivity contribution is 0.0611. The Bertz CT molecular complexity index is 984. The standard InChI is InChI=1S/C23H27FN2O2S/c24-21-7-5-19(6-8-21)23-22-4-2-1-3-18(22)11-14-26(23)29(27,28)16-20-15-25-12-9-17(20)10-13-25/h1-8,17,20,23H,9-16H2/t20?,23-/m0/s1. The minimum absolute atomic E-state index is 0.216. The molecule has 0 saturated carbocycles. The third-order valence-corrected chi connectivity index (χ3v) is 8.96. The number of nitrogens with zero attached hydrogens (tertiary/aromatic N) is 2. The van der Waals surface area contributed by atoms with E-state index in [-0.39, 0.29) is 23.5 Å². The zero-order valence-electron chi connectivity index (χ0n) is 16.5. The van der Waals surface area contributed by atoms with Crippen molar-refractivity contribution in [1.82, 2.24) is 9.21 Å². The van der Waals surface area contributed by atoms with Crippen LogP contribution in [-0.2, 0) is 16.4 Å². The van der Waals surface area contributed by atoms with Crippen LogP contribution in [0, 0.1) is 17.7 Å². The highest BCUT2D eigenvalue weighted by molar-refractivity contribution is 7.89. The van der Waals surface area contributed by atoms with Gasteiger partial charge in [0.25, 0.3) is 0 Å². The average Bonchev–Trinajstić information content (AvgIpc) is 2.74. The molecule has 29 heavy (non-hydrogen) atoms. The largest absolute Gasteiger partial charge is 0.303 e. The first-order chi connectivity index (χ1) is 14.0. The van der Waals surface area contributed by atoms with Gasteiger partial charge in [0.2, 0.25) is 10.0 Å². The van der Waals surface area contributed by atoms with E-state index in [4.69, 9.17) is 0 Å². The van der Waals surface area contributed by atoms with Gasteiger partial charge >= 0.3 is 0 Å². The molecular weight excluding hydrogens is 387 g/mol. The van der Waals surface area contributed by atoms with Crippen LogP contribution in [0.25, 0.3) is 0 Å². The molecular formula is C23H27FN2O2S. The van der Waals surface area contributed by atoms with E-state index in [1.165, 1.54) is 17.7 Å². The zero-order valence-corrected chi connectivity index (χ0v) is 17.3. The summed E-state index contributed by atoms with van der Waals surface area (Å²) in [5.74, 6) is 0.651. The summed E-state index contributed by atoms with van der Waals surface area (Å²) in [6.45, 7) is 3.59. The lowest BCUT2D eigenvalue weighted by atomic mass is 9.80. The van der Waals surface area contributed by atoms with Gasteiger partial charge in [-0.05, 0) is 73.0 Å². The van der Waals surface area contributed by atoms with Crippen LogP contribution in [0.4, 0.5) is 4.39 Å². The van der Waals surface area contributed by atoms with Crippen molar-refractivity contribution in [2.45, 2.75) is 25.3 Å². The van der Waals surface area contributed by atoms with Gasteiger partial charge in [0.15, 0.2) is 0 Å². The number of benzene rings is 2. The fraction of sp³-hybridized carbons (Fsp3) is 0.478. The van der Waals surface area contributed by atoms with Crippen LogP contribution >= 0.6 is 0 Å². The number of sulfonamides is 1. The fourth-order valence-corrected chi connectivity index (χ4v) is 7.51. The van der Waals surface area contributed by atoms with Crippen molar-refractivity contribution < 1.29 is 12.8 Å². The molecule has 6 heteroatoms. The molecule has 0 aliphatic carbocycles. The first-order valence-electron chi connectivity index (χ1n) is 10.6. The van der Waals surface area contributed by atoms with Crippen LogP contribution in [0.3, 0.4) is 0 Å². The van der Waals surface area contributed by atoms with Crippen molar-refractivity contribution in [2.75, 3.05) is 31.9 Å². The monoisotopic (exact) mass is 414 g/mol. The molecule has 2 atom stereocenters. The molecule has 0 N–H and O–H groups in total.